The number of nitrogens with zero attached hydrogens (tertiary/aromatic N) is 2. The quantitative estimate of drug-likeness (QED) is 0.627. The minimum Gasteiger partial charge on any atom is -0.378 e. The average Bonchev–Trinajstić information content (AvgIpc) is 2.61. The Labute approximate surface area is 143 Å². The molecular weight excluding hydrogens is 328 g/mol. The number of nitrogens with one attached hydrogen (secondary N) is 2. The summed E-state index contributed by atoms with van der Waals surface area (Å²) in [6.45, 7) is 2.98. The van der Waals surface area contributed by atoms with Crippen molar-refractivity contribution >= 4 is 29.0 Å². The summed E-state index contributed by atoms with van der Waals surface area (Å²) < 4.78 is 5.37. The first-order chi connectivity index (χ1) is 11.7. The van der Waals surface area contributed by atoms with Gasteiger partial charge in [-0.15, -0.1) is 0 Å². The number of para-hydroxylation sites is 2. The lowest BCUT2D eigenvalue weighted by Gasteiger charge is -2.30. The van der Waals surface area contributed by atoms with Crippen molar-refractivity contribution in [2.24, 2.45) is 0 Å². The number of rotatable bonds is 5. The maximum atomic E-state index is 12.2. The Kier molecular flexibility index (Phi) is 5.50. The first-order valence-electron chi connectivity index (χ1n) is 7.62. The Morgan fingerprint density at radius 2 is 2.08 bits per heavy atom. The summed E-state index contributed by atoms with van der Waals surface area (Å²) in [5.41, 5.74) is 1.54. The molecular formula is C16H18N4O3S. The van der Waals surface area contributed by atoms with Gasteiger partial charge in [0.15, 0.2) is 5.16 Å². The molecule has 0 unspecified atom stereocenters. The lowest BCUT2D eigenvalue weighted by molar-refractivity contribution is -0.113. The number of anilines is 2. The van der Waals surface area contributed by atoms with E-state index in [4.69, 9.17) is 4.74 Å². The third-order valence-corrected chi connectivity index (χ3v) is 4.41. The molecule has 1 aliphatic rings. The van der Waals surface area contributed by atoms with Gasteiger partial charge in [-0.2, -0.15) is 0 Å². The monoisotopic (exact) mass is 346 g/mol. The summed E-state index contributed by atoms with van der Waals surface area (Å²) in [7, 11) is 0. The highest BCUT2D eigenvalue weighted by Gasteiger charge is 2.15. The summed E-state index contributed by atoms with van der Waals surface area (Å²) >= 11 is 1.19. The van der Waals surface area contributed by atoms with Crippen molar-refractivity contribution in [3.8, 4) is 0 Å². The van der Waals surface area contributed by atoms with Crippen molar-refractivity contribution in [3.05, 3.63) is 46.9 Å². The van der Waals surface area contributed by atoms with Crippen molar-refractivity contribution in [1.82, 2.24) is 9.97 Å². The highest BCUT2D eigenvalue weighted by atomic mass is 32.2. The predicted octanol–water partition coefficient (Wildman–Crippen LogP) is 1.34. The number of benzene rings is 1. The highest BCUT2D eigenvalue weighted by molar-refractivity contribution is 7.99. The van der Waals surface area contributed by atoms with E-state index in [1.54, 1.807) is 0 Å². The Bertz CT molecular complexity index is 759. The van der Waals surface area contributed by atoms with Gasteiger partial charge >= 0.3 is 0 Å². The van der Waals surface area contributed by atoms with Crippen LogP contribution >= 0.6 is 11.8 Å². The Hall–Kier alpha value is -2.32. The second-order valence-corrected chi connectivity index (χ2v) is 6.16. The van der Waals surface area contributed by atoms with Crippen LogP contribution in [0.2, 0.25) is 0 Å². The second-order valence-electron chi connectivity index (χ2n) is 5.19. The molecule has 3 rings (SSSR count). The van der Waals surface area contributed by atoms with Crippen molar-refractivity contribution in [2.75, 3.05) is 42.3 Å². The number of aromatic nitrogens is 2. The van der Waals surface area contributed by atoms with Gasteiger partial charge in [-0.3, -0.25) is 9.59 Å². The zero-order valence-corrected chi connectivity index (χ0v) is 13.8. The van der Waals surface area contributed by atoms with Crippen LogP contribution in [-0.2, 0) is 9.53 Å². The molecule has 1 amide bonds. The Morgan fingerprint density at radius 1 is 1.29 bits per heavy atom. The van der Waals surface area contributed by atoms with E-state index in [0.717, 1.165) is 24.5 Å². The summed E-state index contributed by atoms with van der Waals surface area (Å²) in [6, 6.07) is 9.06. The van der Waals surface area contributed by atoms with Crippen LogP contribution < -0.4 is 15.8 Å². The molecule has 0 spiro atoms. The lowest BCUT2D eigenvalue weighted by Crippen LogP contribution is -2.36. The highest BCUT2D eigenvalue weighted by Crippen LogP contribution is 2.26. The summed E-state index contributed by atoms with van der Waals surface area (Å²) in [5, 5.41) is 3.36. The molecule has 0 radical (unpaired) electrons. The molecule has 2 aromatic rings. The van der Waals surface area contributed by atoms with Crippen LogP contribution in [0, 0.1) is 0 Å². The number of amides is 1. The van der Waals surface area contributed by atoms with Crippen LogP contribution in [0.4, 0.5) is 11.4 Å². The van der Waals surface area contributed by atoms with E-state index in [-0.39, 0.29) is 17.2 Å². The van der Waals surface area contributed by atoms with Crippen LogP contribution in [0.3, 0.4) is 0 Å². The zero-order valence-electron chi connectivity index (χ0n) is 13.0. The van der Waals surface area contributed by atoms with Gasteiger partial charge in [0.1, 0.15) is 0 Å². The SMILES string of the molecule is O=C(CSc1nccc(=O)[nH]1)Nc1ccccc1N1CCOCC1. The van der Waals surface area contributed by atoms with E-state index in [0.29, 0.717) is 18.4 Å². The van der Waals surface area contributed by atoms with E-state index >= 15 is 0 Å². The fraction of sp³-hybridized carbons (Fsp3) is 0.312. The number of thioether (sulfide) groups is 1. The number of H-pyrrole nitrogens is 1. The van der Waals surface area contributed by atoms with Gasteiger partial charge in [0.25, 0.3) is 5.56 Å². The van der Waals surface area contributed by atoms with Crippen molar-refractivity contribution in [1.29, 1.82) is 0 Å². The van der Waals surface area contributed by atoms with E-state index in [1.165, 1.54) is 24.0 Å². The third kappa shape index (κ3) is 4.36. The zero-order chi connectivity index (χ0) is 16.8. The molecule has 8 heteroatoms. The summed E-state index contributed by atoms with van der Waals surface area (Å²) in [5.74, 6) is 0.0249. The van der Waals surface area contributed by atoms with Gasteiger partial charge in [-0.05, 0) is 12.1 Å². The Morgan fingerprint density at radius 3 is 2.88 bits per heavy atom. The summed E-state index contributed by atoms with van der Waals surface area (Å²) in [4.78, 5) is 32.2. The standard InChI is InChI=1S/C16H18N4O3S/c21-14-5-6-17-16(19-14)24-11-15(22)18-12-3-1-2-4-13(12)20-7-9-23-10-8-20/h1-6H,7-11H2,(H,18,22)(H,17,19,21). The van der Waals surface area contributed by atoms with Crippen molar-refractivity contribution < 1.29 is 9.53 Å². The predicted molar refractivity (Wildman–Crippen MR) is 93.7 cm³/mol. The van der Waals surface area contributed by atoms with Crippen molar-refractivity contribution in [3.63, 3.8) is 0 Å². The average molecular weight is 346 g/mol. The number of hydrogen-bond donors (Lipinski definition) is 2. The summed E-state index contributed by atoms with van der Waals surface area (Å²) in [6.07, 6.45) is 1.42. The topological polar surface area (TPSA) is 87.3 Å². The second kappa shape index (κ2) is 7.98. The minimum atomic E-state index is -0.231. The maximum Gasteiger partial charge on any atom is 0.251 e. The van der Waals surface area contributed by atoms with E-state index in [1.807, 2.05) is 24.3 Å². The normalized spacial score (nSPS) is 14.4. The van der Waals surface area contributed by atoms with Gasteiger partial charge in [-0.1, -0.05) is 23.9 Å². The van der Waals surface area contributed by atoms with Crippen LogP contribution in [0.1, 0.15) is 0 Å². The Balaban J connectivity index is 1.63. The molecule has 1 fully saturated rings. The van der Waals surface area contributed by atoms with E-state index in [2.05, 4.69) is 20.2 Å². The van der Waals surface area contributed by atoms with Crippen molar-refractivity contribution in [2.45, 2.75) is 5.16 Å². The van der Waals surface area contributed by atoms with Gasteiger partial charge in [0.2, 0.25) is 5.91 Å². The molecule has 0 atom stereocenters. The lowest BCUT2D eigenvalue weighted by atomic mass is 10.2. The van der Waals surface area contributed by atoms with Gasteiger partial charge < -0.3 is 19.9 Å². The molecule has 0 aliphatic carbocycles. The number of aromatic amines is 1. The number of morpholine rings is 1. The first-order valence-corrected chi connectivity index (χ1v) is 8.60. The molecule has 1 saturated heterocycles. The molecule has 1 aromatic heterocycles. The molecule has 1 aliphatic heterocycles. The number of carbonyl (C=O) groups is 1. The van der Waals surface area contributed by atoms with E-state index in [9.17, 15) is 9.59 Å². The van der Waals surface area contributed by atoms with Gasteiger partial charge in [-0.25, -0.2) is 4.98 Å². The van der Waals surface area contributed by atoms with Crippen LogP contribution in [-0.4, -0.2) is 47.9 Å². The molecule has 24 heavy (non-hydrogen) atoms. The van der Waals surface area contributed by atoms with E-state index < -0.39 is 0 Å². The van der Waals surface area contributed by atoms with Crippen LogP contribution in [0.25, 0.3) is 0 Å². The smallest absolute Gasteiger partial charge is 0.251 e. The molecule has 7 nitrogen and oxygen atoms in total. The van der Waals surface area contributed by atoms with Gasteiger partial charge in [0.05, 0.1) is 30.3 Å². The largest absolute Gasteiger partial charge is 0.378 e. The number of hydrogen-bond acceptors (Lipinski definition) is 6. The molecule has 2 N–H and O–H groups in total. The molecule has 0 saturated carbocycles. The number of ether oxygens (including phenoxy) is 1. The first kappa shape index (κ1) is 16.5. The molecule has 0 bridgehead atoms. The van der Waals surface area contributed by atoms with Crippen LogP contribution in [0.15, 0.2) is 46.5 Å². The van der Waals surface area contributed by atoms with Crippen LogP contribution in [0.5, 0.6) is 0 Å². The fourth-order valence-electron chi connectivity index (χ4n) is 2.40. The van der Waals surface area contributed by atoms with Gasteiger partial charge in [0, 0.05) is 25.4 Å². The minimum absolute atomic E-state index is 0.146. The third-order valence-electron chi connectivity index (χ3n) is 3.52. The molecule has 2 heterocycles. The fourth-order valence-corrected chi connectivity index (χ4v) is 3.05. The maximum absolute atomic E-state index is 12.2. The molecule has 126 valence electrons. The number of carbonyl (C=O) groups excluding carboxylic acids is 1. The molecule has 1 aromatic carbocycles.